The van der Waals surface area contributed by atoms with E-state index in [1.54, 1.807) is 0 Å². The van der Waals surface area contributed by atoms with E-state index in [0.717, 1.165) is 18.0 Å². The molecule has 2 bridgehead atoms. The maximum atomic E-state index is 6.31. The maximum Gasteiger partial charge on any atom is 0.187 e. The van der Waals surface area contributed by atoms with Crippen molar-refractivity contribution in [2.45, 2.75) is 12.1 Å². The first-order valence-corrected chi connectivity index (χ1v) is 8.34. The predicted octanol–water partition coefficient (Wildman–Crippen LogP) is 4.36. The number of halogens is 1. The summed E-state index contributed by atoms with van der Waals surface area (Å²) in [5.41, 5.74) is 5.85. The Morgan fingerprint density at radius 3 is 2.74 bits per heavy atom. The molecule has 4 aliphatic rings. The Bertz CT molecular complexity index is 855. The number of hydrogen-bond donors (Lipinski definition) is 0. The molecule has 1 unspecified atom stereocenters. The third-order valence-electron chi connectivity index (χ3n) is 5.05. The highest BCUT2D eigenvalue weighted by Crippen LogP contribution is 2.49. The molecular weight excluding hydrogens is 306 g/mol. The van der Waals surface area contributed by atoms with Gasteiger partial charge in [0.05, 0.1) is 12.3 Å². The van der Waals surface area contributed by atoms with Gasteiger partial charge >= 0.3 is 0 Å². The van der Waals surface area contributed by atoms with E-state index in [1.165, 1.54) is 28.0 Å². The largest absolute Gasteiger partial charge is 0.343 e. The zero-order chi connectivity index (χ0) is 15.4. The van der Waals surface area contributed by atoms with Crippen molar-refractivity contribution in [2.24, 2.45) is 0 Å². The Labute approximate surface area is 140 Å². The van der Waals surface area contributed by atoms with Crippen molar-refractivity contribution in [1.82, 2.24) is 4.90 Å². The molecule has 114 valence electrons. The second-order valence-corrected chi connectivity index (χ2v) is 6.70. The molecule has 0 spiro atoms. The average molecular weight is 322 g/mol. The molecule has 23 heavy (non-hydrogen) atoms. The zero-order valence-corrected chi connectivity index (χ0v) is 13.4. The van der Waals surface area contributed by atoms with Gasteiger partial charge in [-0.25, -0.2) is 0 Å². The van der Waals surface area contributed by atoms with Crippen LogP contribution in [-0.2, 0) is 16.9 Å². The summed E-state index contributed by atoms with van der Waals surface area (Å²) in [7, 11) is 0. The maximum absolute atomic E-state index is 6.31. The van der Waals surface area contributed by atoms with Crippen LogP contribution in [0.25, 0.3) is 5.70 Å². The average Bonchev–Trinajstić information content (AvgIpc) is 2.63. The van der Waals surface area contributed by atoms with Crippen molar-refractivity contribution in [3.63, 3.8) is 0 Å². The van der Waals surface area contributed by atoms with E-state index >= 15 is 0 Å². The third-order valence-corrected chi connectivity index (χ3v) is 5.29. The van der Waals surface area contributed by atoms with Crippen LogP contribution in [0.5, 0.6) is 0 Å². The molecule has 0 saturated carbocycles. The number of ether oxygens (including phenoxy) is 1. The van der Waals surface area contributed by atoms with E-state index < -0.39 is 5.72 Å². The van der Waals surface area contributed by atoms with Gasteiger partial charge in [-0.2, -0.15) is 0 Å². The van der Waals surface area contributed by atoms with Crippen LogP contribution in [0.15, 0.2) is 66.3 Å². The van der Waals surface area contributed by atoms with E-state index in [-0.39, 0.29) is 0 Å². The number of nitrogens with zero attached hydrogens (tertiary/aromatic N) is 1. The van der Waals surface area contributed by atoms with Gasteiger partial charge in [-0.3, -0.25) is 0 Å². The van der Waals surface area contributed by atoms with E-state index in [0.29, 0.717) is 6.61 Å². The zero-order valence-electron chi connectivity index (χ0n) is 12.6. The molecule has 0 fully saturated rings. The van der Waals surface area contributed by atoms with Gasteiger partial charge in [0.15, 0.2) is 5.72 Å². The molecule has 0 amide bonds. The Balaban J connectivity index is 1.73. The number of benzene rings is 2. The van der Waals surface area contributed by atoms with Crippen LogP contribution in [0.3, 0.4) is 0 Å². The molecule has 1 atom stereocenters. The summed E-state index contributed by atoms with van der Waals surface area (Å²) in [4.78, 5) is 2.40. The van der Waals surface area contributed by atoms with Gasteiger partial charge in [-0.1, -0.05) is 54.1 Å². The minimum Gasteiger partial charge on any atom is -0.343 e. The smallest absolute Gasteiger partial charge is 0.187 e. The summed E-state index contributed by atoms with van der Waals surface area (Å²) >= 11 is 6.27. The predicted molar refractivity (Wildman–Crippen MR) is 92.0 cm³/mol. The minimum atomic E-state index is -0.488. The number of hydrogen-bond acceptors (Lipinski definition) is 2. The summed E-state index contributed by atoms with van der Waals surface area (Å²) < 4.78 is 6.31. The molecule has 4 heterocycles. The molecule has 2 nitrogen and oxygen atoms in total. The molecule has 4 aliphatic heterocycles. The second-order valence-electron chi connectivity index (χ2n) is 6.26. The Morgan fingerprint density at radius 1 is 1.09 bits per heavy atom. The lowest BCUT2D eigenvalue weighted by Crippen LogP contribution is -2.53. The quantitative estimate of drug-likeness (QED) is 0.773. The van der Waals surface area contributed by atoms with Crippen LogP contribution in [0.2, 0.25) is 5.02 Å². The summed E-state index contributed by atoms with van der Waals surface area (Å²) in [6, 6.07) is 16.7. The highest BCUT2D eigenvalue weighted by molar-refractivity contribution is 6.30. The minimum absolute atomic E-state index is 0.488. The van der Waals surface area contributed by atoms with E-state index in [1.807, 2.05) is 12.1 Å². The van der Waals surface area contributed by atoms with Crippen molar-refractivity contribution in [3.8, 4) is 0 Å². The Morgan fingerprint density at radius 2 is 1.96 bits per heavy atom. The van der Waals surface area contributed by atoms with Crippen LogP contribution in [0, 0.1) is 0 Å². The fourth-order valence-corrected chi connectivity index (χ4v) is 4.15. The summed E-state index contributed by atoms with van der Waals surface area (Å²) in [5.74, 6) is 0. The lowest BCUT2D eigenvalue weighted by Gasteiger charge is -2.53. The molecule has 0 aliphatic carbocycles. The van der Waals surface area contributed by atoms with Crippen LogP contribution in [0.1, 0.15) is 16.7 Å². The van der Waals surface area contributed by atoms with Gasteiger partial charge in [0, 0.05) is 28.3 Å². The molecule has 0 saturated heterocycles. The number of rotatable bonds is 1. The standard InChI is InChI=1S/C20H16ClNO/c21-17-7-6-14-9-11-22-19(18(14)12-17)15-8-10-20(22,23-13-15)16-4-2-1-3-5-16/h1-8,10,12H,9,11,13H2. The van der Waals surface area contributed by atoms with Crippen molar-refractivity contribution in [1.29, 1.82) is 0 Å². The first-order valence-electron chi connectivity index (χ1n) is 7.96. The lowest BCUT2D eigenvalue weighted by molar-refractivity contribution is -0.111. The van der Waals surface area contributed by atoms with Crippen molar-refractivity contribution in [3.05, 3.63) is 88.0 Å². The molecule has 3 heteroatoms. The second kappa shape index (κ2) is 4.73. The van der Waals surface area contributed by atoms with Crippen LogP contribution >= 0.6 is 11.6 Å². The highest BCUT2D eigenvalue weighted by atomic mass is 35.5. The normalized spacial score (nSPS) is 24.7. The molecule has 6 rings (SSSR count). The Hall–Kier alpha value is -2.03. The molecule has 0 aromatic heterocycles. The monoisotopic (exact) mass is 321 g/mol. The van der Waals surface area contributed by atoms with Crippen LogP contribution in [0.4, 0.5) is 0 Å². The van der Waals surface area contributed by atoms with Crippen molar-refractivity contribution < 1.29 is 4.74 Å². The van der Waals surface area contributed by atoms with Crippen molar-refractivity contribution in [2.75, 3.05) is 13.2 Å². The van der Waals surface area contributed by atoms with Gasteiger partial charge in [0.1, 0.15) is 0 Å². The van der Waals surface area contributed by atoms with Crippen molar-refractivity contribution >= 4 is 17.3 Å². The molecule has 2 aromatic carbocycles. The van der Waals surface area contributed by atoms with Gasteiger partial charge < -0.3 is 9.64 Å². The topological polar surface area (TPSA) is 12.5 Å². The Kier molecular flexibility index (Phi) is 2.76. The fourth-order valence-electron chi connectivity index (χ4n) is 3.98. The molecular formula is C20H16ClNO. The van der Waals surface area contributed by atoms with Crippen LogP contribution in [-0.4, -0.2) is 18.1 Å². The van der Waals surface area contributed by atoms with Gasteiger partial charge in [0.2, 0.25) is 0 Å². The van der Waals surface area contributed by atoms with Gasteiger partial charge in [0.25, 0.3) is 0 Å². The lowest BCUT2D eigenvalue weighted by atomic mass is 9.84. The van der Waals surface area contributed by atoms with Gasteiger partial charge in [-0.05, 0) is 30.2 Å². The number of fused-ring (bicyclic) bond motifs is 2. The molecule has 2 aromatic rings. The third kappa shape index (κ3) is 1.79. The summed E-state index contributed by atoms with van der Waals surface area (Å²) in [6.07, 6.45) is 5.42. The fraction of sp³-hybridized carbons (Fsp3) is 0.200. The van der Waals surface area contributed by atoms with Gasteiger partial charge in [-0.15, -0.1) is 0 Å². The highest BCUT2D eigenvalue weighted by Gasteiger charge is 2.47. The first-order chi connectivity index (χ1) is 11.3. The molecule has 0 N–H and O–H groups in total. The van der Waals surface area contributed by atoms with E-state index in [4.69, 9.17) is 16.3 Å². The first kappa shape index (κ1) is 13.4. The SMILES string of the molecule is Clc1ccc2c(c1)C1=C3C=CC(c4ccccc4)(OC3)N1CC2. The van der Waals surface area contributed by atoms with E-state index in [2.05, 4.69) is 53.5 Å². The molecule has 0 radical (unpaired) electrons. The summed E-state index contributed by atoms with van der Waals surface area (Å²) in [5, 5.41) is 0.791. The van der Waals surface area contributed by atoms with E-state index in [9.17, 15) is 0 Å². The van der Waals surface area contributed by atoms with Crippen LogP contribution < -0.4 is 0 Å². The summed E-state index contributed by atoms with van der Waals surface area (Å²) in [6.45, 7) is 1.59.